The highest BCUT2D eigenvalue weighted by Crippen LogP contribution is 2.28. The average molecular weight is 405 g/mol. The van der Waals surface area contributed by atoms with Crippen LogP contribution < -0.4 is 15.4 Å². The Hall–Kier alpha value is -4.02. The first-order valence-electron chi connectivity index (χ1n) is 8.12. The number of nitro groups is 1. The summed E-state index contributed by atoms with van der Waals surface area (Å²) in [6.07, 6.45) is 0. The Balaban J connectivity index is 1.81. The van der Waals surface area contributed by atoms with Gasteiger partial charge in [0.15, 0.2) is 6.61 Å². The summed E-state index contributed by atoms with van der Waals surface area (Å²) in [5, 5.41) is 15.4. The minimum Gasteiger partial charge on any atom is -0.494 e. The van der Waals surface area contributed by atoms with E-state index in [0.717, 1.165) is 18.2 Å². The fraction of sp³-hybridized carbons (Fsp3) is 0.167. The first kappa shape index (κ1) is 21.3. The standard InChI is InChI=1S/C18H16FN3O7/c1-28-15-8-13(22(26)27)6-7-14(15)21-16(23)10-29-17(24)9-20-18(25)11-2-4-12(19)5-3-11/h2-8H,9-10H2,1H3,(H,20,25)(H,21,23). The zero-order chi connectivity index (χ0) is 21.4. The fourth-order valence-electron chi connectivity index (χ4n) is 2.14. The molecule has 10 nitrogen and oxygen atoms in total. The Morgan fingerprint density at radius 1 is 1.14 bits per heavy atom. The van der Waals surface area contributed by atoms with Crippen LogP contribution in [0, 0.1) is 15.9 Å². The number of carbonyl (C=O) groups is 3. The van der Waals surface area contributed by atoms with Crippen LogP contribution in [0.25, 0.3) is 0 Å². The summed E-state index contributed by atoms with van der Waals surface area (Å²) in [6, 6.07) is 8.29. The first-order chi connectivity index (χ1) is 13.8. The third kappa shape index (κ3) is 6.27. The van der Waals surface area contributed by atoms with Crippen LogP contribution in [0.4, 0.5) is 15.8 Å². The second kappa shape index (κ2) is 9.78. The predicted molar refractivity (Wildman–Crippen MR) is 98.0 cm³/mol. The van der Waals surface area contributed by atoms with Crippen molar-refractivity contribution in [3.05, 3.63) is 64.0 Å². The molecule has 0 fully saturated rings. The van der Waals surface area contributed by atoms with Gasteiger partial charge in [0.25, 0.3) is 17.5 Å². The van der Waals surface area contributed by atoms with E-state index in [4.69, 9.17) is 9.47 Å². The number of methoxy groups -OCH3 is 1. The summed E-state index contributed by atoms with van der Waals surface area (Å²) < 4.78 is 22.5. The van der Waals surface area contributed by atoms with Crippen molar-refractivity contribution in [3.8, 4) is 5.75 Å². The molecule has 0 saturated carbocycles. The number of halogens is 1. The lowest BCUT2D eigenvalue weighted by Crippen LogP contribution is -2.32. The van der Waals surface area contributed by atoms with Gasteiger partial charge in [-0.1, -0.05) is 0 Å². The van der Waals surface area contributed by atoms with Crippen molar-refractivity contribution in [2.75, 3.05) is 25.6 Å². The van der Waals surface area contributed by atoms with Gasteiger partial charge in [-0.25, -0.2) is 4.39 Å². The summed E-state index contributed by atoms with van der Waals surface area (Å²) in [4.78, 5) is 45.5. The molecule has 2 N–H and O–H groups in total. The highest BCUT2D eigenvalue weighted by Gasteiger charge is 2.15. The number of ether oxygens (including phenoxy) is 2. The van der Waals surface area contributed by atoms with E-state index in [-0.39, 0.29) is 22.7 Å². The van der Waals surface area contributed by atoms with Crippen molar-refractivity contribution in [1.29, 1.82) is 0 Å². The zero-order valence-electron chi connectivity index (χ0n) is 15.1. The number of nitrogens with zero attached hydrogens (tertiary/aromatic N) is 1. The highest BCUT2D eigenvalue weighted by molar-refractivity contribution is 5.97. The third-order valence-electron chi connectivity index (χ3n) is 3.53. The lowest BCUT2D eigenvalue weighted by molar-refractivity contribution is -0.384. The van der Waals surface area contributed by atoms with Crippen LogP contribution in [0.1, 0.15) is 10.4 Å². The molecule has 2 rings (SSSR count). The summed E-state index contributed by atoms with van der Waals surface area (Å²) in [5.41, 5.74) is 0.0918. The smallest absolute Gasteiger partial charge is 0.325 e. The molecule has 0 atom stereocenters. The molecule has 0 saturated heterocycles. The van der Waals surface area contributed by atoms with Gasteiger partial charge in [-0.3, -0.25) is 24.5 Å². The van der Waals surface area contributed by atoms with Crippen LogP contribution in [0.3, 0.4) is 0 Å². The molecule has 0 aliphatic heterocycles. The van der Waals surface area contributed by atoms with Gasteiger partial charge in [-0.05, 0) is 30.3 Å². The van der Waals surface area contributed by atoms with Crippen molar-refractivity contribution >= 4 is 29.2 Å². The van der Waals surface area contributed by atoms with Gasteiger partial charge in [-0.15, -0.1) is 0 Å². The number of hydrogen-bond donors (Lipinski definition) is 2. The third-order valence-corrected chi connectivity index (χ3v) is 3.53. The van der Waals surface area contributed by atoms with Crippen molar-refractivity contribution in [1.82, 2.24) is 5.32 Å². The molecule has 11 heteroatoms. The van der Waals surface area contributed by atoms with E-state index in [1.54, 1.807) is 0 Å². The monoisotopic (exact) mass is 405 g/mol. The van der Waals surface area contributed by atoms with Crippen molar-refractivity contribution in [2.24, 2.45) is 0 Å². The molecule has 29 heavy (non-hydrogen) atoms. The molecule has 0 spiro atoms. The van der Waals surface area contributed by atoms with Crippen molar-refractivity contribution < 1.29 is 33.2 Å². The quantitative estimate of drug-likeness (QED) is 0.387. The maximum atomic E-state index is 12.8. The summed E-state index contributed by atoms with van der Waals surface area (Å²) in [6.45, 7) is -1.14. The molecular formula is C18H16FN3O7. The molecular weight excluding hydrogens is 389 g/mol. The Morgan fingerprint density at radius 3 is 2.45 bits per heavy atom. The topological polar surface area (TPSA) is 137 Å². The normalized spacial score (nSPS) is 10.0. The van der Waals surface area contributed by atoms with Gasteiger partial charge in [0.1, 0.15) is 18.1 Å². The minimum atomic E-state index is -0.869. The Morgan fingerprint density at radius 2 is 1.83 bits per heavy atom. The van der Waals surface area contributed by atoms with Gasteiger partial charge >= 0.3 is 5.97 Å². The van der Waals surface area contributed by atoms with E-state index in [2.05, 4.69) is 10.6 Å². The fourth-order valence-corrected chi connectivity index (χ4v) is 2.14. The van der Waals surface area contributed by atoms with Crippen LogP contribution in [-0.2, 0) is 14.3 Å². The van der Waals surface area contributed by atoms with E-state index >= 15 is 0 Å². The summed E-state index contributed by atoms with van der Waals surface area (Å²) >= 11 is 0. The average Bonchev–Trinajstić information content (AvgIpc) is 2.71. The maximum absolute atomic E-state index is 12.8. The number of anilines is 1. The largest absolute Gasteiger partial charge is 0.494 e. The van der Waals surface area contributed by atoms with E-state index in [1.165, 1.54) is 31.4 Å². The minimum absolute atomic E-state index is 0.0606. The van der Waals surface area contributed by atoms with Gasteiger partial charge in [0.05, 0.1) is 23.8 Å². The summed E-state index contributed by atoms with van der Waals surface area (Å²) in [5.74, 6) is -2.63. The molecule has 0 heterocycles. The van der Waals surface area contributed by atoms with Gasteiger partial charge in [-0.2, -0.15) is 0 Å². The van der Waals surface area contributed by atoms with Crippen LogP contribution >= 0.6 is 0 Å². The zero-order valence-corrected chi connectivity index (χ0v) is 15.1. The highest BCUT2D eigenvalue weighted by atomic mass is 19.1. The Labute approximate surface area is 163 Å². The van der Waals surface area contributed by atoms with Crippen LogP contribution in [0.15, 0.2) is 42.5 Å². The molecule has 0 aliphatic rings. The van der Waals surface area contributed by atoms with Crippen LogP contribution in [0.5, 0.6) is 5.75 Å². The van der Waals surface area contributed by atoms with Crippen LogP contribution in [-0.4, -0.2) is 43.0 Å². The van der Waals surface area contributed by atoms with E-state index < -0.39 is 41.7 Å². The van der Waals surface area contributed by atoms with E-state index in [9.17, 15) is 28.9 Å². The van der Waals surface area contributed by atoms with Gasteiger partial charge in [0, 0.05) is 11.6 Å². The van der Waals surface area contributed by atoms with Gasteiger partial charge in [0.2, 0.25) is 0 Å². The molecule has 2 aromatic carbocycles. The Kier molecular flexibility index (Phi) is 7.18. The second-order valence-corrected chi connectivity index (χ2v) is 5.54. The number of carbonyl (C=O) groups excluding carboxylic acids is 3. The molecule has 0 unspecified atom stereocenters. The number of nitro benzene ring substituents is 1. The number of non-ortho nitro benzene ring substituents is 1. The molecule has 0 bridgehead atoms. The van der Waals surface area contributed by atoms with Gasteiger partial charge < -0.3 is 20.1 Å². The van der Waals surface area contributed by atoms with Crippen molar-refractivity contribution in [3.63, 3.8) is 0 Å². The van der Waals surface area contributed by atoms with E-state index in [1.807, 2.05) is 0 Å². The molecule has 0 aliphatic carbocycles. The SMILES string of the molecule is COc1cc([N+](=O)[O-])ccc1NC(=O)COC(=O)CNC(=O)c1ccc(F)cc1. The second-order valence-electron chi connectivity index (χ2n) is 5.54. The summed E-state index contributed by atoms with van der Waals surface area (Å²) in [7, 11) is 1.28. The lowest BCUT2D eigenvalue weighted by atomic mass is 10.2. The molecule has 0 aromatic heterocycles. The number of amides is 2. The number of hydrogen-bond acceptors (Lipinski definition) is 7. The molecule has 152 valence electrons. The number of rotatable bonds is 8. The lowest BCUT2D eigenvalue weighted by Gasteiger charge is -2.10. The van der Waals surface area contributed by atoms with Crippen molar-refractivity contribution in [2.45, 2.75) is 0 Å². The van der Waals surface area contributed by atoms with Crippen LogP contribution in [0.2, 0.25) is 0 Å². The first-order valence-corrected chi connectivity index (χ1v) is 8.12. The number of benzene rings is 2. The van der Waals surface area contributed by atoms with E-state index in [0.29, 0.717) is 0 Å². The maximum Gasteiger partial charge on any atom is 0.325 e. The predicted octanol–water partition coefficient (Wildman–Crippen LogP) is 1.65. The Bertz CT molecular complexity index is 932. The molecule has 0 radical (unpaired) electrons. The number of nitrogens with one attached hydrogen (secondary N) is 2. The molecule has 2 aromatic rings. The number of esters is 1. The molecule has 2 amide bonds.